The second kappa shape index (κ2) is 7.67. The molecule has 3 heteroatoms. The van der Waals surface area contributed by atoms with Gasteiger partial charge in [0, 0.05) is 6.04 Å². The molecule has 0 fully saturated rings. The van der Waals surface area contributed by atoms with Gasteiger partial charge in [-0.05, 0) is 31.7 Å². The van der Waals surface area contributed by atoms with E-state index in [-0.39, 0.29) is 11.9 Å². The Morgan fingerprint density at radius 3 is 2.72 bits per heavy atom. The van der Waals surface area contributed by atoms with Crippen molar-refractivity contribution in [1.29, 1.82) is 0 Å². The maximum Gasteiger partial charge on any atom is 0.237 e. The van der Waals surface area contributed by atoms with Gasteiger partial charge in [-0.2, -0.15) is 0 Å². The fourth-order valence-corrected chi connectivity index (χ4v) is 1.74. The first-order valence-electron chi connectivity index (χ1n) is 6.34. The Balaban J connectivity index is 2.31. The molecule has 98 valence electrons. The van der Waals surface area contributed by atoms with E-state index in [1.165, 1.54) is 5.56 Å². The number of rotatable bonds is 7. The van der Waals surface area contributed by atoms with E-state index in [1.807, 2.05) is 25.1 Å². The van der Waals surface area contributed by atoms with Gasteiger partial charge in [0.05, 0.1) is 6.04 Å². The molecule has 0 aromatic heterocycles. The molecule has 1 rings (SSSR count). The van der Waals surface area contributed by atoms with Crippen LogP contribution < -0.4 is 11.1 Å². The van der Waals surface area contributed by atoms with Gasteiger partial charge in [0.15, 0.2) is 0 Å². The number of nitrogens with one attached hydrogen (secondary N) is 1. The number of carbonyl (C=O) groups is 1. The first-order chi connectivity index (χ1) is 8.63. The van der Waals surface area contributed by atoms with Crippen LogP contribution in [0.5, 0.6) is 0 Å². The first kappa shape index (κ1) is 14.5. The molecule has 1 aromatic carbocycles. The minimum absolute atomic E-state index is 0.101. The highest BCUT2D eigenvalue weighted by Crippen LogP contribution is 2.05. The van der Waals surface area contributed by atoms with E-state index < -0.39 is 6.04 Å². The van der Waals surface area contributed by atoms with Crippen LogP contribution in [0.25, 0.3) is 0 Å². The van der Waals surface area contributed by atoms with Crippen LogP contribution in [-0.4, -0.2) is 18.0 Å². The van der Waals surface area contributed by atoms with E-state index in [9.17, 15) is 4.79 Å². The summed E-state index contributed by atoms with van der Waals surface area (Å²) in [6.07, 6.45) is 4.05. The van der Waals surface area contributed by atoms with Crippen LogP contribution in [0, 0.1) is 0 Å². The second-order valence-electron chi connectivity index (χ2n) is 4.56. The number of hydrogen-bond donors (Lipinski definition) is 2. The molecule has 0 aliphatic heterocycles. The Labute approximate surface area is 109 Å². The van der Waals surface area contributed by atoms with Gasteiger partial charge in [0.1, 0.15) is 0 Å². The van der Waals surface area contributed by atoms with E-state index in [1.54, 1.807) is 6.08 Å². The van der Waals surface area contributed by atoms with E-state index in [2.05, 4.69) is 24.0 Å². The predicted octanol–water partition coefficient (Wildman–Crippen LogP) is 2.03. The van der Waals surface area contributed by atoms with Crippen LogP contribution in [-0.2, 0) is 11.2 Å². The monoisotopic (exact) mass is 246 g/mol. The lowest BCUT2D eigenvalue weighted by molar-refractivity contribution is -0.122. The van der Waals surface area contributed by atoms with Crippen molar-refractivity contribution in [2.45, 2.75) is 38.3 Å². The van der Waals surface area contributed by atoms with E-state index in [0.717, 1.165) is 12.8 Å². The molecular formula is C15H22N2O. The molecule has 18 heavy (non-hydrogen) atoms. The van der Waals surface area contributed by atoms with Crippen molar-refractivity contribution in [2.75, 3.05) is 0 Å². The number of amides is 1. The first-order valence-corrected chi connectivity index (χ1v) is 6.34. The van der Waals surface area contributed by atoms with Gasteiger partial charge in [0.2, 0.25) is 5.91 Å². The zero-order valence-electron chi connectivity index (χ0n) is 10.9. The van der Waals surface area contributed by atoms with Gasteiger partial charge in [0.25, 0.3) is 0 Å². The van der Waals surface area contributed by atoms with Gasteiger partial charge in [-0.3, -0.25) is 4.79 Å². The Morgan fingerprint density at radius 1 is 1.44 bits per heavy atom. The molecule has 3 nitrogen and oxygen atoms in total. The molecule has 1 aromatic rings. The largest absolute Gasteiger partial charge is 0.352 e. The summed E-state index contributed by atoms with van der Waals surface area (Å²) >= 11 is 0. The molecule has 0 radical (unpaired) electrons. The summed E-state index contributed by atoms with van der Waals surface area (Å²) in [7, 11) is 0. The minimum Gasteiger partial charge on any atom is -0.352 e. The van der Waals surface area contributed by atoms with E-state index >= 15 is 0 Å². The number of benzene rings is 1. The maximum absolute atomic E-state index is 11.7. The van der Waals surface area contributed by atoms with Crippen LogP contribution in [0.15, 0.2) is 43.0 Å². The van der Waals surface area contributed by atoms with Gasteiger partial charge in [-0.1, -0.05) is 36.4 Å². The van der Waals surface area contributed by atoms with Crippen molar-refractivity contribution in [3.8, 4) is 0 Å². The van der Waals surface area contributed by atoms with E-state index in [4.69, 9.17) is 5.73 Å². The Bertz CT molecular complexity index is 375. The molecule has 0 saturated heterocycles. The molecule has 0 spiro atoms. The summed E-state index contributed by atoms with van der Waals surface area (Å²) in [5.41, 5.74) is 6.99. The molecular weight excluding hydrogens is 224 g/mol. The SMILES string of the molecule is C=CCC(N)C(=O)NC(C)CCc1ccccc1. The number of carbonyl (C=O) groups excluding carboxylic acids is 1. The molecule has 0 heterocycles. The van der Waals surface area contributed by atoms with Gasteiger partial charge in [-0.25, -0.2) is 0 Å². The lowest BCUT2D eigenvalue weighted by atomic mass is 10.1. The molecule has 1 amide bonds. The second-order valence-corrected chi connectivity index (χ2v) is 4.56. The third kappa shape index (κ3) is 5.15. The van der Waals surface area contributed by atoms with Crippen molar-refractivity contribution in [3.63, 3.8) is 0 Å². The van der Waals surface area contributed by atoms with Crippen LogP contribution >= 0.6 is 0 Å². The zero-order valence-corrected chi connectivity index (χ0v) is 10.9. The van der Waals surface area contributed by atoms with Crippen LogP contribution in [0.4, 0.5) is 0 Å². The van der Waals surface area contributed by atoms with Gasteiger partial charge < -0.3 is 11.1 Å². The topological polar surface area (TPSA) is 55.1 Å². The predicted molar refractivity (Wildman–Crippen MR) is 75.2 cm³/mol. The summed E-state index contributed by atoms with van der Waals surface area (Å²) < 4.78 is 0. The third-order valence-electron chi connectivity index (χ3n) is 2.85. The average Bonchev–Trinajstić information content (AvgIpc) is 2.38. The lowest BCUT2D eigenvalue weighted by Gasteiger charge is -2.16. The van der Waals surface area contributed by atoms with Crippen molar-refractivity contribution in [1.82, 2.24) is 5.32 Å². The van der Waals surface area contributed by atoms with Gasteiger partial charge in [-0.15, -0.1) is 6.58 Å². The quantitative estimate of drug-likeness (QED) is 0.723. The lowest BCUT2D eigenvalue weighted by Crippen LogP contribution is -2.44. The van der Waals surface area contributed by atoms with Crippen LogP contribution in [0.3, 0.4) is 0 Å². The summed E-state index contributed by atoms with van der Waals surface area (Å²) in [5.74, 6) is -0.101. The van der Waals surface area contributed by atoms with Crippen molar-refractivity contribution < 1.29 is 4.79 Å². The molecule has 0 saturated carbocycles. The highest BCUT2D eigenvalue weighted by atomic mass is 16.2. The summed E-state index contributed by atoms with van der Waals surface area (Å²) in [6.45, 7) is 5.58. The average molecular weight is 246 g/mol. The molecule has 0 aliphatic rings. The summed E-state index contributed by atoms with van der Waals surface area (Å²) in [6, 6.07) is 9.89. The van der Waals surface area contributed by atoms with Gasteiger partial charge >= 0.3 is 0 Å². The molecule has 2 atom stereocenters. The fourth-order valence-electron chi connectivity index (χ4n) is 1.74. The molecule has 3 N–H and O–H groups in total. The number of hydrogen-bond acceptors (Lipinski definition) is 2. The summed E-state index contributed by atoms with van der Waals surface area (Å²) in [5, 5.41) is 2.92. The van der Waals surface area contributed by atoms with Crippen molar-refractivity contribution >= 4 is 5.91 Å². The number of aryl methyl sites for hydroxylation is 1. The molecule has 0 bridgehead atoms. The smallest absolute Gasteiger partial charge is 0.237 e. The maximum atomic E-state index is 11.7. The zero-order chi connectivity index (χ0) is 13.4. The Morgan fingerprint density at radius 2 is 2.11 bits per heavy atom. The standard InChI is InChI=1S/C15H22N2O/c1-3-7-14(16)15(18)17-12(2)10-11-13-8-5-4-6-9-13/h3-6,8-9,12,14H,1,7,10-11,16H2,2H3,(H,17,18). The highest BCUT2D eigenvalue weighted by Gasteiger charge is 2.13. The number of nitrogens with two attached hydrogens (primary N) is 1. The minimum atomic E-state index is -0.485. The van der Waals surface area contributed by atoms with Crippen LogP contribution in [0.2, 0.25) is 0 Å². The van der Waals surface area contributed by atoms with Crippen LogP contribution in [0.1, 0.15) is 25.3 Å². The van der Waals surface area contributed by atoms with Crippen molar-refractivity contribution in [3.05, 3.63) is 48.6 Å². The Hall–Kier alpha value is -1.61. The van der Waals surface area contributed by atoms with Crippen molar-refractivity contribution in [2.24, 2.45) is 5.73 Å². The highest BCUT2D eigenvalue weighted by molar-refractivity contribution is 5.81. The molecule has 0 aliphatic carbocycles. The Kier molecular flexibility index (Phi) is 6.15. The fraction of sp³-hybridized carbons (Fsp3) is 0.400. The van der Waals surface area contributed by atoms with E-state index in [0.29, 0.717) is 6.42 Å². The third-order valence-corrected chi connectivity index (χ3v) is 2.85. The summed E-state index contributed by atoms with van der Waals surface area (Å²) in [4.78, 5) is 11.7. The normalized spacial score (nSPS) is 13.7. The molecule has 2 unspecified atom stereocenters.